The van der Waals surface area contributed by atoms with E-state index >= 15 is 0 Å². The van der Waals surface area contributed by atoms with Gasteiger partial charge in [0.05, 0.1) is 5.75 Å². The molecule has 13 heavy (non-hydrogen) atoms. The van der Waals surface area contributed by atoms with Crippen LogP contribution < -0.4 is 4.72 Å². The quantitative estimate of drug-likeness (QED) is 0.510. The molecule has 0 aromatic heterocycles. The Morgan fingerprint density at radius 1 is 1.54 bits per heavy atom. The predicted octanol–water partition coefficient (Wildman–Crippen LogP) is -1.24. The van der Waals surface area contributed by atoms with E-state index in [0.29, 0.717) is 0 Å². The molecule has 0 spiro atoms. The number of rotatable bonds is 6. The molecule has 1 atom stereocenters. The van der Waals surface area contributed by atoms with E-state index in [4.69, 9.17) is 10.2 Å². The Morgan fingerprint density at radius 3 is 2.46 bits per heavy atom. The van der Waals surface area contributed by atoms with Crippen molar-refractivity contribution in [3.05, 3.63) is 0 Å². The molecule has 0 bridgehead atoms. The summed E-state index contributed by atoms with van der Waals surface area (Å²) in [6.07, 6.45) is -1.64. The number of aliphatic carboxylic acids is 1. The second-order valence-electron chi connectivity index (χ2n) is 2.44. The first-order chi connectivity index (χ1) is 5.89. The van der Waals surface area contributed by atoms with Crippen LogP contribution in [0, 0.1) is 0 Å². The summed E-state index contributed by atoms with van der Waals surface area (Å²) in [5.41, 5.74) is 0. The van der Waals surface area contributed by atoms with Crippen molar-refractivity contribution in [2.24, 2.45) is 0 Å². The fourth-order valence-electron chi connectivity index (χ4n) is 0.577. The average Bonchev–Trinajstić information content (AvgIpc) is 2.04. The minimum atomic E-state index is -3.29. The molecule has 0 heterocycles. The summed E-state index contributed by atoms with van der Waals surface area (Å²) in [5.74, 6) is -1.41. The lowest BCUT2D eigenvalue weighted by Crippen LogP contribution is -2.30. The zero-order valence-corrected chi connectivity index (χ0v) is 8.04. The molecule has 0 aliphatic carbocycles. The summed E-state index contributed by atoms with van der Waals surface area (Å²) in [6, 6.07) is 0. The molecule has 0 amide bonds. The summed E-state index contributed by atoms with van der Waals surface area (Å²) in [7, 11) is -3.29. The van der Waals surface area contributed by atoms with Crippen molar-refractivity contribution in [2.45, 2.75) is 19.4 Å². The van der Waals surface area contributed by atoms with Crippen molar-refractivity contribution < 1.29 is 23.4 Å². The fraction of sp³-hybridized carbons (Fsp3) is 0.833. The van der Waals surface area contributed by atoms with Crippen LogP contribution in [0.4, 0.5) is 0 Å². The van der Waals surface area contributed by atoms with E-state index in [1.54, 1.807) is 0 Å². The van der Waals surface area contributed by atoms with E-state index in [0.717, 1.165) is 0 Å². The molecule has 0 radical (unpaired) electrons. The van der Waals surface area contributed by atoms with Gasteiger partial charge in [0.15, 0.2) is 6.10 Å². The molecular formula is C6H13NO5S. The van der Waals surface area contributed by atoms with Crippen LogP contribution in [0.2, 0.25) is 0 Å². The smallest absolute Gasteiger partial charge is 0.332 e. The van der Waals surface area contributed by atoms with Gasteiger partial charge in [0.1, 0.15) is 0 Å². The van der Waals surface area contributed by atoms with E-state index in [9.17, 15) is 13.2 Å². The van der Waals surface area contributed by atoms with Gasteiger partial charge in [0.25, 0.3) is 0 Å². The Balaban J connectivity index is 3.75. The molecule has 3 N–H and O–H groups in total. The summed E-state index contributed by atoms with van der Waals surface area (Å²) in [6.45, 7) is 1.40. The first kappa shape index (κ1) is 12.3. The highest BCUT2D eigenvalue weighted by Crippen LogP contribution is 1.91. The molecule has 0 aromatic carbocycles. The van der Waals surface area contributed by atoms with Crippen molar-refractivity contribution in [3.8, 4) is 0 Å². The first-order valence-corrected chi connectivity index (χ1v) is 5.42. The van der Waals surface area contributed by atoms with Gasteiger partial charge in [-0.1, -0.05) is 0 Å². The van der Waals surface area contributed by atoms with Crippen LogP contribution in [0.15, 0.2) is 0 Å². The first-order valence-electron chi connectivity index (χ1n) is 3.77. The molecule has 7 heteroatoms. The van der Waals surface area contributed by atoms with E-state index < -0.39 is 22.1 Å². The third kappa shape index (κ3) is 5.56. The fourth-order valence-corrected chi connectivity index (χ4v) is 1.21. The molecular weight excluding hydrogens is 198 g/mol. The number of carboxylic acid groups (broad SMARTS) is 1. The molecule has 0 aliphatic rings. The van der Waals surface area contributed by atoms with Crippen LogP contribution >= 0.6 is 0 Å². The van der Waals surface area contributed by atoms with Gasteiger partial charge >= 0.3 is 5.97 Å². The minimum absolute atomic E-state index is 0.0594. The number of nitrogens with one attached hydrogen (secondary N) is 1. The molecule has 0 saturated carbocycles. The van der Waals surface area contributed by atoms with Gasteiger partial charge in [0, 0.05) is 6.54 Å². The van der Waals surface area contributed by atoms with Gasteiger partial charge in [0.2, 0.25) is 10.0 Å². The molecule has 0 aliphatic heterocycles. The van der Waals surface area contributed by atoms with Crippen LogP contribution in [0.1, 0.15) is 13.3 Å². The molecule has 0 unspecified atom stereocenters. The zero-order chi connectivity index (χ0) is 10.5. The molecule has 0 rings (SSSR count). The highest BCUT2D eigenvalue weighted by molar-refractivity contribution is 7.89. The van der Waals surface area contributed by atoms with Gasteiger partial charge in [-0.2, -0.15) is 0 Å². The normalized spacial score (nSPS) is 14.0. The molecule has 0 fully saturated rings. The standard InChI is InChI=1S/C6H13NO5S/c1-2-13(11,12)7-4-3-5(8)6(9)10/h5,7-8H,2-4H2,1H3,(H,9,10)/t5-/m0/s1. The number of aliphatic hydroxyl groups is 1. The SMILES string of the molecule is CCS(=O)(=O)NCC[C@H](O)C(=O)O. The number of aliphatic hydroxyl groups excluding tert-OH is 1. The Morgan fingerprint density at radius 2 is 2.08 bits per heavy atom. The van der Waals surface area contributed by atoms with Crippen LogP contribution in [0.5, 0.6) is 0 Å². The second kappa shape index (κ2) is 5.15. The van der Waals surface area contributed by atoms with Crippen molar-refractivity contribution in [3.63, 3.8) is 0 Å². The van der Waals surface area contributed by atoms with Gasteiger partial charge in [-0.25, -0.2) is 17.9 Å². The average molecular weight is 211 g/mol. The molecule has 78 valence electrons. The Kier molecular flexibility index (Phi) is 4.89. The van der Waals surface area contributed by atoms with Crippen LogP contribution in [-0.4, -0.2) is 43.0 Å². The van der Waals surface area contributed by atoms with Crippen LogP contribution in [-0.2, 0) is 14.8 Å². The van der Waals surface area contributed by atoms with Gasteiger partial charge in [-0.15, -0.1) is 0 Å². The highest BCUT2D eigenvalue weighted by Gasteiger charge is 2.13. The van der Waals surface area contributed by atoms with Gasteiger partial charge < -0.3 is 10.2 Å². The van der Waals surface area contributed by atoms with Crippen molar-refractivity contribution in [2.75, 3.05) is 12.3 Å². The zero-order valence-electron chi connectivity index (χ0n) is 7.23. The minimum Gasteiger partial charge on any atom is -0.479 e. The third-order valence-electron chi connectivity index (χ3n) is 1.40. The summed E-state index contributed by atoms with van der Waals surface area (Å²) in [4.78, 5) is 10.1. The van der Waals surface area contributed by atoms with Crippen LogP contribution in [0.3, 0.4) is 0 Å². The van der Waals surface area contributed by atoms with E-state index in [-0.39, 0.29) is 18.7 Å². The maximum Gasteiger partial charge on any atom is 0.332 e. The second-order valence-corrected chi connectivity index (χ2v) is 4.54. The number of hydrogen-bond acceptors (Lipinski definition) is 4. The number of carboxylic acids is 1. The monoisotopic (exact) mass is 211 g/mol. The van der Waals surface area contributed by atoms with Gasteiger partial charge in [-0.3, -0.25) is 0 Å². The van der Waals surface area contributed by atoms with Gasteiger partial charge in [-0.05, 0) is 13.3 Å². The maximum absolute atomic E-state index is 10.8. The van der Waals surface area contributed by atoms with Crippen molar-refractivity contribution >= 4 is 16.0 Å². The lowest BCUT2D eigenvalue weighted by atomic mass is 10.3. The predicted molar refractivity (Wildman–Crippen MR) is 45.7 cm³/mol. The van der Waals surface area contributed by atoms with Crippen molar-refractivity contribution in [1.82, 2.24) is 4.72 Å². The van der Waals surface area contributed by atoms with Crippen LogP contribution in [0.25, 0.3) is 0 Å². The number of hydrogen-bond donors (Lipinski definition) is 3. The lowest BCUT2D eigenvalue weighted by molar-refractivity contribution is -0.146. The van der Waals surface area contributed by atoms with E-state index in [1.807, 2.05) is 0 Å². The third-order valence-corrected chi connectivity index (χ3v) is 2.81. The topological polar surface area (TPSA) is 104 Å². The lowest BCUT2D eigenvalue weighted by Gasteiger charge is -2.06. The Hall–Kier alpha value is -0.660. The Labute approximate surface area is 76.6 Å². The number of carbonyl (C=O) groups is 1. The Bertz CT molecular complexity index is 260. The highest BCUT2D eigenvalue weighted by atomic mass is 32.2. The summed E-state index contributed by atoms with van der Waals surface area (Å²) < 4.78 is 23.8. The molecule has 6 nitrogen and oxygen atoms in total. The van der Waals surface area contributed by atoms with E-state index in [2.05, 4.69) is 4.72 Å². The number of sulfonamides is 1. The summed E-state index contributed by atoms with van der Waals surface area (Å²) >= 11 is 0. The molecule has 0 saturated heterocycles. The van der Waals surface area contributed by atoms with E-state index in [1.165, 1.54) is 6.92 Å². The largest absolute Gasteiger partial charge is 0.479 e. The maximum atomic E-state index is 10.8. The van der Waals surface area contributed by atoms with Crippen molar-refractivity contribution in [1.29, 1.82) is 0 Å². The summed E-state index contributed by atoms with van der Waals surface area (Å²) in [5, 5.41) is 17.0. The molecule has 0 aromatic rings.